The zero-order valence-corrected chi connectivity index (χ0v) is 18.0. The SMILES string of the molecule is Cc1ccc(SCCC(=O)N2CCCN(S(=O)(=O)c3ccc(F)cc3)CC2)cc1. The van der Waals surface area contributed by atoms with E-state index in [0.29, 0.717) is 38.2 Å². The topological polar surface area (TPSA) is 57.7 Å². The van der Waals surface area contributed by atoms with Crippen LogP contribution in [0.2, 0.25) is 0 Å². The molecule has 0 N–H and O–H groups in total. The molecule has 2 aromatic carbocycles. The molecule has 156 valence electrons. The number of halogens is 1. The molecule has 2 aromatic rings. The van der Waals surface area contributed by atoms with Crippen LogP contribution in [0.4, 0.5) is 4.39 Å². The fraction of sp³-hybridized carbons (Fsp3) is 0.381. The zero-order valence-electron chi connectivity index (χ0n) is 16.4. The molecule has 1 fully saturated rings. The molecular formula is C21H25FN2O3S2. The van der Waals surface area contributed by atoms with Crippen LogP contribution in [0.3, 0.4) is 0 Å². The first-order valence-electron chi connectivity index (χ1n) is 9.59. The molecule has 3 rings (SSSR count). The first-order chi connectivity index (χ1) is 13.9. The fourth-order valence-electron chi connectivity index (χ4n) is 3.19. The first kappa shape index (κ1) is 21.8. The lowest BCUT2D eigenvalue weighted by Crippen LogP contribution is -2.37. The van der Waals surface area contributed by atoms with Gasteiger partial charge in [0, 0.05) is 43.2 Å². The minimum absolute atomic E-state index is 0.0469. The average Bonchev–Trinajstić information content (AvgIpc) is 2.97. The van der Waals surface area contributed by atoms with Crippen molar-refractivity contribution in [1.29, 1.82) is 0 Å². The van der Waals surface area contributed by atoms with Gasteiger partial charge in [-0.1, -0.05) is 17.7 Å². The van der Waals surface area contributed by atoms with Gasteiger partial charge in [0.15, 0.2) is 0 Å². The summed E-state index contributed by atoms with van der Waals surface area (Å²) < 4.78 is 40.0. The molecule has 0 aromatic heterocycles. The number of thioether (sulfide) groups is 1. The largest absolute Gasteiger partial charge is 0.341 e. The summed E-state index contributed by atoms with van der Waals surface area (Å²) in [6, 6.07) is 13.0. The molecule has 1 heterocycles. The highest BCUT2D eigenvalue weighted by Gasteiger charge is 2.28. The van der Waals surface area contributed by atoms with Crippen LogP contribution in [-0.2, 0) is 14.8 Å². The van der Waals surface area contributed by atoms with E-state index in [1.807, 2.05) is 6.92 Å². The van der Waals surface area contributed by atoms with Gasteiger partial charge < -0.3 is 4.90 Å². The molecule has 5 nitrogen and oxygen atoms in total. The van der Waals surface area contributed by atoms with Crippen molar-refractivity contribution >= 4 is 27.7 Å². The van der Waals surface area contributed by atoms with Crippen molar-refractivity contribution in [2.75, 3.05) is 31.9 Å². The van der Waals surface area contributed by atoms with Crippen LogP contribution in [-0.4, -0.2) is 55.5 Å². The van der Waals surface area contributed by atoms with Crippen LogP contribution in [0.1, 0.15) is 18.4 Å². The van der Waals surface area contributed by atoms with Gasteiger partial charge in [0.25, 0.3) is 0 Å². The number of rotatable bonds is 6. The molecule has 1 aliphatic rings. The van der Waals surface area contributed by atoms with Gasteiger partial charge in [-0.2, -0.15) is 4.31 Å². The summed E-state index contributed by atoms with van der Waals surface area (Å²) in [5.74, 6) is 0.265. The standard InChI is InChI=1S/C21H25FN2O3S2/c1-17-3-7-19(8-4-17)28-16-11-21(25)23-12-2-13-24(15-14-23)29(26,27)20-9-5-18(22)6-10-20/h3-10H,2,11-16H2,1H3. The highest BCUT2D eigenvalue weighted by atomic mass is 32.2. The number of aryl methyl sites for hydroxylation is 1. The minimum Gasteiger partial charge on any atom is -0.341 e. The Balaban J connectivity index is 1.52. The smallest absolute Gasteiger partial charge is 0.243 e. The van der Waals surface area contributed by atoms with E-state index in [1.165, 1.54) is 22.0 Å². The maximum Gasteiger partial charge on any atom is 0.243 e. The van der Waals surface area contributed by atoms with E-state index >= 15 is 0 Å². The van der Waals surface area contributed by atoms with Crippen LogP contribution in [0, 0.1) is 12.7 Å². The Morgan fingerprint density at radius 3 is 2.38 bits per heavy atom. The second-order valence-electron chi connectivity index (χ2n) is 7.00. The van der Waals surface area contributed by atoms with Crippen LogP contribution in [0.5, 0.6) is 0 Å². The Morgan fingerprint density at radius 1 is 1.00 bits per heavy atom. The number of sulfonamides is 1. The molecule has 0 radical (unpaired) electrons. The predicted molar refractivity (Wildman–Crippen MR) is 113 cm³/mol. The van der Waals surface area contributed by atoms with Crippen molar-refractivity contribution in [3.05, 3.63) is 59.9 Å². The van der Waals surface area contributed by atoms with E-state index in [4.69, 9.17) is 0 Å². The Kier molecular flexibility index (Phi) is 7.32. The van der Waals surface area contributed by atoms with Gasteiger partial charge in [-0.05, 0) is 49.7 Å². The molecule has 0 unspecified atom stereocenters. The number of nitrogens with zero attached hydrogens (tertiary/aromatic N) is 2. The molecule has 0 bridgehead atoms. The Morgan fingerprint density at radius 2 is 1.69 bits per heavy atom. The third-order valence-electron chi connectivity index (χ3n) is 4.86. The minimum atomic E-state index is -3.68. The number of benzene rings is 2. The number of carbonyl (C=O) groups is 1. The van der Waals surface area contributed by atoms with E-state index in [9.17, 15) is 17.6 Å². The predicted octanol–water partition coefficient (Wildman–Crippen LogP) is 3.54. The summed E-state index contributed by atoms with van der Waals surface area (Å²) in [4.78, 5) is 15.5. The van der Waals surface area contributed by atoms with Gasteiger partial charge in [-0.15, -0.1) is 11.8 Å². The molecule has 29 heavy (non-hydrogen) atoms. The number of amides is 1. The quantitative estimate of drug-likeness (QED) is 0.650. The van der Waals surface area contributed by atoms with Crippen molar-refractivity contribution in [1.82, 2.24) is 9.21 Å². The molecule has 0 atom stereocenters. The second kappa shape index (κ2) is 9.73. The third-order valence-corrected chi connectivity index (χ3v) is 7.79. The van der Waals surface area contributed by atoms with Crippen molar-refractivity contribution in [3.63, 3.8) is 0 Å². The van der Waals surface area contributed by atoms with Crippen molar-refractivity contribution in [3.8, 4) is 0 Å². The Labute approximate surface area is 175 Å². The molecule has 0 spiro atoms. The summed E-state index contributed by atoms with van der Waals surface area (Å²) in [7, 11) is -3.68. The maximum atomic E-state index is 13.1. The summed E-state index contributed by atoms with van der Waals surface area (Å²) >= 11 is 1.65. The second-order valence-corrected chi connectivity index (χ2v) is 10.1. The summed E-state index contributed by atoms with van der Waals surface area (Å²) in [5.41, 5.74) is 1.20. The summed E-state index contributed by atoms with van der Waals surface area (Å²) in [6.07, 6.45) is 1.00. The Hall–Kier alpha value is -1.90. The van der Waals surface area contributed by atoms with Gasteiger partial charge in [-0.25, -0.2) is 12.8 Å². The molecule has 1 aliphatic heterocycles. The zero-order chi connectivity index (χ0) is 20.9. The first-order valence-corrected chi connectivity index (χ1v) is 12.0. The van der Waals surface area contributed by atoms with Crippen LogP contribution < -0.4 is 0 Å². The highest BCUT2D eigenvalue weighted by molar-refractivity contribution is 7.99. The van der Waals surface area contributed by atoms with Gasteiger partial charge >= 0.3 is 0 Å². The third kappa shape index (κ3) is 5.81. The van der Waals surface area contributed by atoms with Gasteiger partial charge in [0.2, 0.25) is 15.9 Å². The van der Waals surface area contributed by atoms with E-state index in [-0.39, 0.29) is 17.3 Å². The van der Waals surface area contributed by atoms with E-state index in [0.717, 1.165) is 17.0 Å². The molecule has 1 saturated heterocycles. The lowest BCUT2D eigenvalue weighted by molar-refractivity contribution is -0.130. The van der Waals surface area contributed by atoms with Gasteiger partial charge in [-0.3, -0.25) is 4.79 Å². The molecular weight excluding hydrogens is 411 g/mol. The normalized spacial score (nSPS) is 15.9. The van der Waals surface area contributed by atoms with Crippen molar-refractivity contribution < 1.29 is 17.6 Å². The van der Waals surface area contributed by atoms with E-state index < -0.39 is 15.8 Å². The van der Waals surface area contributed by atoms with Crippen LogP contribution in [0.25, 0.3) is 0 Å². The number of hydrogen-bond donors (Lipinski definition) is 0. The molecule has 1 amide bonds. The average molecular weight is 437 g/mol. The van der Waals surface area contributed by atoms with Gasteiger partial charge in [0.05, 0.1) is 4.90 Å². The molecule has 0 saturated carbocycles. The lowest BCUT2D eigenvalue weighted by atomic mass is 10.2. The van der Waals surface area contributed by atoms with Crippen LogP contribution in [0.15, 0.2) is 58.3 Å². The Bertz CT molecular complexity index is 931. The van der Waals surface area contributed by atoms with Crippen LogP contribution >= 0.6 is 11.8 Å². The van der Waals surface area contributed by atoms with Gasteiger partial charge in [0.1, 0.15) is 5.82 Å². The monoisotopic (exact) mass is 436 g/mol. The van der Waals surface area contributed by atoms with E-state index in [1.54, 1.807) is 16.7 Å². The van der Waals surface area contributed by atoms with Crippen molar-refractivity contribution in [2.24, 2.45) is 0 Å². The summed E-state index contributed by atoms with van der Waals surface area (Å²) in [6.45, 7) is 3.55. The number of carbonyl (C=O) groups excluding carboxylic acids is 1. The lowest BCUT2D eigenvalue weighted by Gasteiger charge is -2.22. The maximum absolute atomic E-state index is 13.1. The fourth-order valence-corrected chi connectivity index (χ4v) is 5.50. The van der Waals surface area contributed by atoms with Crippen molar-refractivity contribution in [2.45, 2.75) is 29.6 Å². The molecule has 8 heteroatoms. The number of hydrogen-bond acceptors (Lipinski definition) is 4. The molecule has 0 aliphatic carbocycles. The van der Waals surface area contributed by atoms with E-state index in [2.05, 4.69) is 24.3 Å². The summed E-state index contributed by atoms with van der Waals surface area (Å²) in [5, 5.41) is 0. The highest BCUT2D eigenvalue weighted by Crippen LogP contribution is 2.21.